The van der Waals surface area contributed by atoms with Crippen molar-refractivity contribution in [3.05, 3.63) is 65.0 Å². The molecule has 5 rings (SSSR count). The van der Waals surface area contributed by atoms with E-state index in [-0.39, 0.29) is 11.1 Å². The summed E-state index contributed by atoms with van der Waals surface area (Å²) in [6.07, 6.45) is 9.29. The predicted molar refractivity (Wildman–Crippen MR) is 129 cm³/mol. The number of fused-ring (bicyclic) bond motifs is 1. The van der Waals surface area contributed by atoms with Crippen LogP contribution in [0.2, 0.25) is 0 Å². The highest BCUT2D eigenvalue weighted by molar-refractivity contribution is 8.18. The normalized spacial score (nSPS) is 22.0. The van der Waals surface area contributed by atoms with Crippen LogP contribution in [0, 0.1) is 0 Å². The van der Waals surface area contributed by atoms with Gasteiger partial charge in [-0.2, -0.15) is 0 Å². The average Bonchev–Trinajstić information content (AvgIpc) is 3.15. The lowest BCUT2D eigenvalue weighted by Gasteiger charge is -2.30. The molecule has 1 aromatic carbocycles. The van der Waals surface area contributed by atoms with Crippen molar-refractivity contribution in [1.82, 2.24) is 25.6 Å². The Hall–Kier alpha value is -3.30. The van der Waals surface area contributed by atoms with Crippen LogP contribution in [-0.4, -0.2) is 38.2 Å². The lowest BCUT2D eigenvalue weighted by atomic mass is 9.91. The number of hydrogen-bond acceptors (Lipinski definition) is 8. The maximum absolute atomic E-state index is 11.7. The lowest BCUT2D eigenvalue weighted by molar-refractivity contribution is -0.115. The molecule has 3 aromatic rings. The molecule has 2 aromatic heterocycles. The Bertz CT molecular complexity index is 1220. The Morgan fingerprint density at radius 3 is 2.64 bits per heavy atom. The van der Waals surface area contributed by atoms with Crippen LogP contribution in [0.15, 0.2) is 53.7 Å². The maximum atomic E-state index is 11.7. The molecule has 3 heterocycles. The number of amides is 2. The SMILES string of the molecule is O=C1NC(=O)C(=Cc2ccnc(NC3CCC(NCc4cccc5cccnc45)CC3)n2)S1. The van der Waals surface area contributed by atoms with Crippen molar-refractivity contribution in [1.29, 1.82) is 0 Å². The first-order valence-electron chi connectivity index (χ1n) is 11.0. The van der Waals surface area contributed by atoms with E-state index < -0.39 is 0 Å². The second-order valence-corrected chi connectivity index (χ2v) is 9.24. The molecular formula is C24H24N6O2S. The monoisotopic (exact) mass is 460 g/mol. The van der Waals surface area contributed by atoms with E-state index in [1.54, 1.807) is 18.3 Å². The number of aromatic nitrogens is 3. The summed E-state index contributed by atoms with van der Waals surface area (Å²) in [5.74, 6) is 0.153. The average molecular weight is 461 g/mol. The van der Waals surface area contributed by atoms with Crippen molar-refractivity contribution in [2.24, 2.45) is 0 Å². The summed E-state index contributed by atoms with van der Waals surface area (Å²) < 4.78 is 0. The number of para-hydroxylation sites is 1. The molecule has 9 heteroatoms. The molecule has 0 bridgehead atoms. The molecule has 2 amide bonds. The van der Waals surface area contributed by atoms with E-state index in [9.17, 15) is 9.59 Å². The Labute approximate surface area is 195 Å². The molecule has 0 atom stereocenters. The van der Waals surface area contributed by atoms with Crippen LogP contribution in [0.5, 0.6) is 0 Å². The highest BCUT2D eigenvalue weighted by Crippen LogP contribution is 2.26. The van der Waals surface area contributed by atoms with Crippen molar-refractivity contribution in [3.63, 3.8) is 0 Å². The molecule has 1 aliphatic carbocycles. The number of rotatable bonds is 6. The van der Waals surface area contributed by atoms with Crippen molar-refractivity contribution in [2.75, 3.05) is 5.32 Å². The highest BCUT2D eigenvalue weighted by Gasteiger charge is 2.25. The van der Waals surface area contributed by atoms with Crippen LogP contribution in [0.1, 0.15) is 36.9 Å². The first-order valence-corrected chi connectivity index (χ1v) is 11.9. The third-order valence-corrected chi connectivity index (χ3v) is 6.77. The zero-order chi connectivity index (χ0) is 22.6. The number of carbonyl (C=O) groups is 2. The van der Waals surface area contributed by atoms with Gasteiger partial charge in [0.05, 0.1) is 16.1 Å². The van der Waals surface area contributed by atoms with Gasteiger partial charge in [0.1, 0.15) is 0 Å². The smallest absolute Gasteiger partial charge is 0.290 e. The third-order valence-electron chi connectivity index (χ3n) is 5.96. The Balaban J connectivity index is 1.14. The molecule has 168 valence electrons. The summed E-state index contributed by atoms with van der Waals surface area (Å²) in [7, 11) is 0. The Morgan fingerprint density at radius 2 is 1.82 bits per heavy atom. The Morgan fingerprint density at radius 1 is 1.00 bits per heavy atom. The highest BCUT2D eigenvalue weighted by atomic mass is 32.2. The molecule has 8 nitrogen and oxygen atoms in total. The van der Waals surface area contributed by atoms with Gasteiger partial charge in [0.15, 0.2) is 0 Å². The fourth-order valence-corrected chi connectivity index (χ4v) is 4.93. The zero-order valence-corrected chi connectivity index (χ0v) is 18.8. The molecule has 0 unspecified atom stereocenters. The van der Waals surface area contributed by atoms with E-state index in [2.05, 4.69) is 55.2 Å². The standard InChI is InChI=1S/C24H24N6O2S/c31-22-20(33-24(32)30-22)13-19-10-12-26-23(29-19)28-18-8-6-17(7-9-18)27-14-16-4-1-3-15-5-2-11-25-21(15)16/h1-5,10-13,17-18,27H,6-9,14H2,(H,26,28,29)(H,30,31,32). The minimum absolute atomic E-state index is 0.302. The van der Waals surface area contributed by atoms with E-state index in [0.29, 0.717) is 28.6 Å². The van der Waals surface area contributed by atoms with E-state index in [1.807, 2.05) is 12.3 Å². The number of benzene rings is 1. The van der Waals surface area contributed by atoms with Gasteiger partial charge >= 0.3 is 0 Å². The first-order chi connectivity index (χ1) is 16.1. The summed E-state index contributed by atoms with van der Waals surface area (Å²) >= 11 is 0.884. The van der Waals surface area contributed by atoms with Crippen LogP contribution in [0.4, 0.5) is 10.7 Å². The minimum Gasteiger partial charge on any atom is -0.351 e. The van der Waals surface area contributed by atoms with Gasteiger partial charge in [-0.25, -0.2) is 9.97 Å². The molecule has 0 spiro atoms. The molecule has 0 radical (unpaired) electrons. The second-order valence-electron chi connectivity index (χ2n) is 8.22. The molecule has 2 fully saturated rings. The number of thioether (sulfide) groups is 1. The largest absolute Gasteiger partial charge is 0.351 e. The number of hydrogen-bond donors (Lipinski definition) is 3. The van der Waals surface area contributed by atoms with E-state index in [4.69, 9.17) is 0 Å². The summed E-state index contributed by atoms with van der Waals surface area (Å²) in [5.41, 5.74) is 2.88. The van der Waals surface area contributed by atoms with E-state index in [0.717, 1.165) is 49.5 Å². The summed E-state index contributed by atoms with van der Waals surface area (Å²) in [5, 5.41) is 10.2. The number of anilines is 1. The fraction of sp³-hybridized carbons (Fsp3) is 0.292. The molecule has 2 aliphatic rings. The molecule has 3 N–H and O–H groups in total. The lowest BCUT2D eigenvalue weighted by Crippen LogP contribution is -2.37. The number of pyridine rings is 1. The van der Waals surface area contributed by atoms with Crippen molar-refractivity contribution in [2.45, 2.75) is 44.3 Å². The van der Waals surface area contributed by atoms with Gasteiger partial charge in [-0.1, -0.05) is 24.3 Å². The second kappa shape index (κ2) is 9.68. The van der Waals surface area contributed by atoms with Crippen LogP contribution < -0.4 is 16.0 Å². The number of carbonyl (C=O) groups excluding carboxylic acids is 2. The Kier molecular flexibility index (Phi) is 6.32. The van der Waals surface area contributed by atoms with E-state index in [1.165, 1.54) is 10.9 Å². The van der Waals surface area contributed by atoms with Gasteiger partial charge < -0.3 is 10.6 Å². The number of imide groups is 1. The molecule has 33 heavy (non-hydrogen) atoms. The predicted octanol–water partition coefficient (Wildman–Crippen LogP) is 3.86. The number of nitrogens with zero attached hydrogens (tertiary/aromatic N) is 3. The van der Waals surface area contributed by atoms with Crippen LogP contribution in [0.25, 0.3) is 17.0 Å². The van der Waals surface area contributed by atoms with Crippen LogP contribution >= 0.6 is 11.8 Å². The van der Waals surface area contributed by atoms with Gasteiger partial charge in [-0.3, -0.25) is 19.9 Å². The maximum Gasteiger partial charge on any atom is 0.290 e. The van der Waals surface area contributed by atoms with Gasteiger partial charge in [-0.05, 0) is 61.2 Å². The fourth-order valence-electron chi connectivity index (χ4n) is 4.27. The minimum atomic E-state index is -0.386. The zero-order valence-electron chi connectivity index (χ0n) is 18.0. The number of nitrogens with one attached hydrogen (secondary N) is 3. The van der Waals surface area contributed by atoms with Crippen molar-refractivity contribution < 1.29 is 9.59 Å². The van der Waals surface area contributed by atoms with Crippen molar-refractivity contribution in [3.8, 4) is 0 Å². The third kappa shape index (κ3) is 5.20. The summed E-state index contributed by atoms with van der Waals surface area (Å²) in [4.78, 5) is 36.8. The van der Waals surface area contributed by atoms with Crippen LogP contribution in [-0.2, 0) is 11.3 Å². The van der Waals surface area contributed by atoms with Crippen molar-refractivity contribution >= 4 is 45.8 Å². The van der Waals surface area contributed by atoms with Gasteiger partial charge in [0.2, 0.25) is 5.95 Å². The van der Waals surface area contributed by atoms with Gasteiger partial charge in [0, 0.05) is 36.4 Å². The topological polar surface area (TPSA) is 109 Å². The summed E-state index contributed by atoms with van der Waals surface area (Å²) in [6, 6.07) is 12.9. The summed E-state index contributed by atoms with van der Waals surface area (Å²) in [6.45, 7) is 0.811. The quantitative estimate of drug-likeness (QED) is 0.476. The molecule has 1 saturated carbocycles. The molecule has 1 aliphatic heterocycles. The van der Waals surface area contributed by atoms with Gasteiger partial charge in [-0.15, -0.1) is 0 Å². The van der Waals surface area contributed by atoms with Gasteiger partial charge in [0.25, 0.3) is 11.1 Å². The van der Waals surface area contributed by atoms with Crippen LogP contribution in [0.3, 0.4) is 0 Å². The molecule has 1 saturated heterocycles. The molecular weight excluding hydrogens is 436 g/mol. The first kappa shape index (κ1) is 21.5. The van der Waals surface area contributed by atoms with E-state index >= 15 is 0 Å².